The van der Waals surface area contributed by atoms with Crippen LogP contribution in [0.4, 0.5) is 16.2 Å². The molecule has 0 aliphatic carbocycles. The summed E-state index contributed by atoms with van der Waals surface area (Å²) in [6, 6.07) is 11.8. The summed E-state index contributed by atoms with van der Waals surface area (Å²) >= 11 is 0. The Hall–Kier alpha value is -4.09. The Morgan fingerprint density at radius 1 is 0.896 bits per heavy atom. The van der Waals surface area contributed by atoms with Crippen molar-refractivity contribution >= 4 is 40.2 Å². The smallest absolute Gasteiger partial charge is 0.412 e. The molecule has 3 heterocycles. The topological polar surface area (TPSA) is 108 Å². The third-order valence-corrected chi connectivity index (χ3v) is 9.30. The number of hydrogen-bond acceptors (Lipinski definition) is 7. The van der Waals surface area contributed by atoms with Gasteiger partial charge in [0.1, 0.15) is 11.3 Å². The number of likely N-dealkylation sites (N-methyl/N-ethyl adjacent to an activating group) is 1. The van der Waals surface area contributed by atoms with Gasteiger partial charge in [0.05, 0.1) is 30.0 Å². The number of amides is 3. The highest BCUT2D eigenvalue weighted by atomic mass is 16.6. The van der Waals surface area contributed by atoms with Crippen LogP contribution in [0.2, 0.25) is 0 Å². The number of aryl methyl sites for hydroxylation is 1. The maximum absolute atomic E-state index is 13.9. The van der Waals surface area contributed by atoms with Crippen molar-refractivity contribution in [2.24, 2.45) is 7.05 Å². The highest BCUT2D eigenvalue weighted by molar-refractivity contribution is 6.08. The number of para-hydroxylation sites is 1. The Morgan fingerprint density at radius 2 is 1.56 bits per heavy atom. The minimum absolute atomic E-state index is 0.0157. The summed E-state index contributed by atoms with van der Waals surface area (Å²) < 4.78 is 13.2. The number of benzene rings is 2. The second-order valence-electron chi connectivity index (χ2n) is 15.1. The second-order valence-corrected chi connectivity index (χ2v) is 15.1. The van der Waals surface area contributed by atoms with Gasteiger partial charge in [-0.1, -0.05) is 39.0 Å². The fourth-order valence-electron chi connectivity index (χ4n) is 6.71. The number of anilines is 2. The van der Waals surface area contributed by atoms with Crippen LogP contribution in [0.5, 0.6) is 5.75 Å². The molecule has 2 aliphatic rings. The first-order valence-electron chi connectivity index (χ1n) is 16.9. The molecule has 0 spiro atoms. The van der Waals surface area contributed by atoms with Crippen molar-refractivity contribution in [1.82, 2.24) is 19.3 Å². The van der Waals surface area contributed by atoms with Gasteiger partial charge < -0.3 is 24.3 Å². The zero-order valence-corrected chi connectivity index (χ0v) is 30.0. The van der Waals surface area contributed by atoms with E-state index in [1.807, 2.05) is 53.9 Å². The van der Waals surface area contributed by atoms with Gasteiger partial charge in [-0.25, -0.2) is 4.79 Å². The summed E-state index contributed by atoms with van der Waals surface area (Å²) in [4.78, 5) is 46.4. The summed E-state index contributed by atoms with van der Waals surface area (Å²) in [6.07, 6.45) is 1.41. The predicted molar refractivity (Wildman–Crippen MR) is 190 cm³/mol. The molecule has 5 rings (SSSR count). The van der Waals surface area contributed by atoms with Crippen molar-refractivity contribution in [1.29, 1.82) is 0 Å². The molecular weight excluding hydrogens is 608 g/mol. The molecule has 2 aromatic carbocycles. The molecule has 0 bridgehead atoms. The van der Waals surface area contributed by atoms with Crippen LogP contribution in [0, 0.1) is 0 Å². The fraction of sp³-hybridized carbons (Fsp3) is 0.541. The fourth-order valence-corrected chi connectivity index (χ4v) is 6.71. The van der Waals surface area contributed by atoms with Gasteiger partial charge in [0.25, 0.3) is 5.91 Å². The number of piperazine rings is 1. The lowest BCUT2D eigenvalue weighted by Gasteiger charge is -2.37. The number of rotatable bonds is 7. The minimum atomic E-state index is -0.677. The largest absolute Gasteiger partial charge is 0.492 e. The number of hydrogen-bond donors (Lipinski definition) is 2. The summed E-state index contributed by atoms with van der Waals surface area (Å²) in [5, 5.41) is 6.86. The Bertz CT molecular complexity index is 1680. The van der Waals surface area contributed by atoms with E-state index < -0.39 is 11.7 Å². The van der Waals surface area contributed by atoms with Crippen LogP contribution in [0.3, 0.4) is 0 Å². The standard InChI is InChI=1S/C37H52N6O5/c1-36(2,3)26-21-27(32(47-9)28(22-26)39-35(46)48-37(4,5)6)38-33(44)30-20-24-12-10-13-25(31(24)41(30)8)23-42-16-18-43(19-17-42)34(45)29-14-11-15-40(29)7/h10,12-13,20-22,29H,11,14-19,23H2,1-9H3,(H,38,44)(H,39,46). The molecule has 2 fully saturated rings. The van der Waals surface area contributed by atoms with Crippen molar-refractivity contribution in [3.63, 3.8) is 0 Å². The lowest BCUT2D eigenvalue weighted by molar-refractivity contribution is -0.137. The number of nitrogens with zero attached hydrogens (tertiary/aromatic N) is 4. The molecule has 11 nitrogen and oxygen atoms in total. The summed E-state index contributed by atoms with van der Waals surface area (Å²) in [5.74, 6) is 0.294. The van der Waals surface area contributed by atoms with Gasteiger partial charge in [0.2, 0.25) is 5.91 Å². The number of aromatic nitrogens is 1. The number of ether oxygens (including phenoxy) is 2. The zero-order valence-electron chi connectivity index (χ0n) is 30.0. The predicted octanol–water partition coefficient (Wildman–Crippen LogP) is 5.82. The molecule has 260 valence electrons. The van der Waals surface area contributed by atoms with Gasteiger partial charge >= 0.3 is 6.09 Å². The third kappa shape index (κ3) is 7.79. The van der Waals surface area contributed by atoms with Crippen LogP contribution in [0.1, 0.15) is 76.0 Å². The van der Waals surface area contributed by atoms with Crippen LogP contribution in [-0.4, -0.2) is 95.7 Å². The highest BCUT2D eigenvalue weighted by Gasteiger charge is 2.33. The molecule has 1 atom stereocenters. The van der Waals surface area contributed by atoms with Crippen molar-refractivity contribution in [2.45, 2.75) is 78.0 Å². The Morgan fingerprint density at radius 3 is 2.15 bits per heavy atom. The van der Waals surface area contributed by atoms with E-state index in [0.29, 0.717) is 22.8 Å². The van der Waals surface area contributed by atoms with Gasteiger partial charge in [-0.3, -0.25) is 24.7 Å². The average molecular weight is 661 g/mol. The van der Waals surface area contributed by atoms with E-state index in [1.165, 1.54) is 7.11 Å². The number of methoxy groups -OCH3 is 1. The number of nitrogens with one attached hydrogen (secondary N) is 2. The normalized spacial score (nSPS) is 17.9. The summed E-state index contributed by atoms with van der Waals surface area (Å²) in [6.45, 7) is 16.4. The first-order valence-corrected chi connectivity index (χ1v) is 16.9. The van der Waals surface area contributed by atoms with E-state index >= 15 is 0 Å². The molecule has 1 unspecified atom stereocenters. The minimum Gasteiger partial charge on any atom is -0.492 e. The van der Waals surface area contributed by atoms with E-state index in [-0.39, 0.29) is 23.3 Å². The molecule has 2 aliphatic heterocycles. The molecule has 2 N–H and O–H groups in total. The zero-order chi connectivity index (χ0) is 35.0. The number of likely N-dealkylation sites (tertiary alicyclic amines) is 1. The number of carbonyl (C=O) groups excluding carboxylic acids is 3. The van der Waals surface area contributed by atoms with Crippen molar-refractivity contribution < 1.29 is 23.9 Å². The maximum Gasteiger partial charge on any atom is 0.412 e. The monoisotopic (exact) mass is 660 g/mol. The van der Waals surface area contributed by atoms with Crippen molar-refractivity contribution in [2.75, 3.05) is 57.5 Å². The summed E-state index contributed by atoms with van der Waals surface area (Å²) in [5.41, 5.74) is 3.42. The maximum atomic E-state index is 13.9. The van der Waals surface area contributed by atoms with E-state index in [2.05, 4.69) is 47.3 Å². The van der Waals surface area contributed by atoms with Crippen molar-refractivity contribution in [3.05, 3.63) is 53.2 Å². The molecule has 1 aromatic heterocycles. The van der Waals surface area contributed by atoms with E-state index in [1.54, 1.807) is 20.8 Å². The average Bonchev–Trinajstić information content (AvgIpc) is 3.58. The molecule has 11 heteroatoms. The lowest BCUT2D eigenvalue weighted by atomic mass is 9.86. The van der Waals surface area contributed by atoms with Crippen LogP contribution in [0.25, 0.3) is 10.9 Å². The second kappa shape index (κ2) is 13.8. The van der Waals surface area contributed by atoms with Crippen LogP contribution in [-0.2, 0) is 28.5 Å². The quantitative estimate of drug-likeness (QED) is 0.329. The van der Waals surface area contributed by atoms with Gasteiger partial charge in [-0.2, -0.15) is 0 Å². The SMILES string of the molecule is COc1c(NC(=O)OC(C)(C)C)cc(C(C)(C)C)cc1NC(=O)c1cc2cccc(CN3CCN(C(=O)C4CCCN4C)CC3)c2n1C. The number of carbonyl (C=O) groups is 3. The third-order valence-electron chi connectivity index (χ3n) is 9.30. The van der Waals surface area contributed by atoms with Gasteiger partial charge in [-0.05, 0) is 81.9 Å². The molecule has 3 amide bonds. The van der Waals surface area contributed by atoms with Crippen LogP contribution < -0.4 is 15.4 Å². The Labute approximate surface area is 284 Å². The molecular formula is C37H52N6O5. The van der Waals surface area contributed by atoms with Crippen molar-refractivity contribution in [3.8, 4) is 5.75 Å². The molecule has 0 radical (unpaired) electrons. The number of fused-ring (bicyclic) bond motifs is 1. The van der Waals surface area contributed by atoms with E-state index in [9.17, 15) is 14.4 Å². The highest BCUT2D eigenvalue weighted by Crippen LogP contribution is 2.39. The van der Waals surface area contributed by atoms with E-state index in [4.69, 9.17) is 9.47 Å². The van der Waals surface area contributed by atoms with Gasteiger partial charge in [0.15, 0.2) is 5.75 Å². The molecule has 2 saturated heterocycles. The molecule has 48 heavy (non-hydrogen) atoms. The van der Waals surface area contributed by atoms with Crippen LogP contribution >= 0.6 is 0 Å². The van der Waals surface area contributed by atoms with Gasteiger partial charge in [0, 0.05) is 45.2 Å². The first kappa shape index (κ1) is 35.2. The Balaban J connectivity index is 1.36. The lowest BCUT2D eigenvalue weighted by Crippen LogP contribution is -2.52. The van der Waals surface area contributed by atoms with Gasteiger partial charge in [-0.15, -0.1) is 0 Å². The first-order chi connectivity index (χ1) is 22.6. The summed E-state index contributed by atoms with van der Waals surface area (Å²) in [7, 11) is 5.46. The molecule has 3 aromatic rings. The van der Waals surface area contributed by atoms with E-state index in [0.717, 1.165) is 74.1 Å². The van der Waals surface area contributed by atoms with Crippen LogP contribution in [0.15, 0.2) is 36.4 Å². The molecule has 0 saturated carbocycles. The Kier molecular flexibility index (Phi) is 10.1.